The molecule has 1 heterocycles. The number of carbonyl (C=O) groups excluding carboxylic acids is 1. The molecule has 0 fully saturated rings. The number of rotatable bonds is 4. The van der Waals surface area contributed by atoms with Crippen LogP contribution in [0.5, 0.6) is 11.5 Å². The number of fused-ring (bicyclic) bond motifs is 1. The van der Waals surface area contributed by atoms with Gasteiger partial charge in [-0.1, -0.05) is 0 Å². The average Bonchev–Trinajstić information content (AvgIpc) is 3.00. The maximum Gasteiger partial charge on any atom is 0.255 e. The predicted octanol–water partition coefficient (Wildman–Crippen LogP) is 2.74. The Labute approximate surface area is 152 Å². The number of hydrogen-bond acceptors (Lipinski definition) is 5. The van der Waals surface area contributed by atoms with Crippen molar-refractivity contribution >= 4 is 21.6 Å². The van der Waals surface area contributed by atoms with E-state index in [0.29, 0.717) is 22.7 Å². The second-order valence-corrected chi connectivity index (χ2v) is 8.58. The van der Waals surface area contributed by atoms with E-state index in [4.69, 9.17) is 9.47 Å². The fourth-order valence-electron chi connectivity index (χ4n) is 2.42. The van der Waals surface area contributed by atoms with Crippen molar-refractivity contribution in [3.05, 3.63) is 48.0 Å². The molecule has 0 saturated heterocycles. The zero-order valence-electron chi connectivity index (χ0n) is 14.7. The van der Waals surface area contributed by atoms with Crippen LogP contribution in [0.3, 0.4) is 0 Å². The summed E-state index contributed by atoms with van der Waals surface area (Å²) in [6.45, 7) is 5.44. The maximum absolute atomic E-state index is 12.3. The molecule has 1 aliphatic heterocycles. The molecule has 0 aromatic heterocycles. The summed E-state index contributed by atoms with van der Waals surface area (Å²) in [5.74, 6) is 0.793. The summed E-state index contributed by atoms with van der Waals surface area (Å²) >= 11 is 0. The van der Waals surface area contributed by atoms with Crippen molar-refractivity contribution in [3.8, 4) is 11.5 Å². The van der Waals surface area contributed by atoms with E-state index in [1.807, 2.05) is 0 Å². The minimum absolute atomic E-state index is 0.133. The first-order valence-electron chi connectivity index (χ1n) is 7.99. The van der Waals surface area contributed by atoms with Crippen molar-refractivity contribution in [2.45, 2.75) is 31.2 Å². The van der Waals surface area contributed by atoms with Crippen LogP contribution < -0.4 is 19.5 Å². The summed E-state index contributed by atoms with van der Waals surface area (Å²) < 4.78 is 37.6. The summed E-state index contributed by atoms with van der Waals surface area (Å²) in [4.78, 5) is 12.5. The van der Waals surface area contributed by atoms with Crippen molar-refractivity contribution in [1.29, 1.82) is 0 Å². The molecule has 1 aliphatic rings. The van der Waals surface area contributed by atoms with Crippen LogP contribution in [0.2, 0.25) is 0 Å². The molecule has 2 N–H and O–H groups in total. The lowest BCUT2D eigenvalue weighted by molar-refractivity contribution is 0.102. The molecule has 8 heteroatoms. The highest BCUT2D eigenvalue weighted by molar-refractivity contribution is 7.89. The third-order valence-electron chi connectivity index (χ3n) is 3.50. The van der Waals surface area contributed by atoms with Gasteiger partial charge in [0.1, 0.15) is 0 Å². The van der Waals surface area contributed by atoms with Crippen LogP contribution in [-0.4, -0.2) is 26.7 Å². The Morgan fingerprint density at radius 1 is 1.00 bits per heavy atom. The summed E-state index contributed by atoms with van der Waals surface area (Å²) in [5.41, 5.74) is 0.327. The number of hydrogen-bond donors (Lipinski definition) is 2. The number of ether oxygens (including phenoxy) is 2. The number of carbonyl (C=O) groups is 1. The van der Waals surface area contributed by atoms with E-state index in [1.165, 1.54) is 12.1 Å². The average molecular weight is 376 g/mol. The molecule has 0 unspecified atom stereocenters. The number of anilines is 1. The Morgan fingerprint density at radius 2 is 1.65 bits per heavy atom. The third-order valence-corrected chi connectivity index (χ3v) is 5.27. The SMILES string of the molecule is CC(C)(C)NS(=O)(=O)c1ccc(NC(=O)c2ccc3c(c2)OCO3)cc1. The van der Waals surface area contributed by atoms with Crippen LogP contribution in [0, 0.1) is 0 Å². The molecular formula is C18H20N2O5S. The van der Waals surface area contributed by atoms with Gasteiger partial charge in [-0.25, -0.2) is 13.1 Å². The van der Waals surface area contributed by atoms with Gasteiger partial charge in [-0.05, 0) is 63.2 Å². The van der Waals surface area contributed by atoms with Gasteiger partial charge in [0.15, 0.2) is 11.5 Å². The summed E-state index contributed by atoms with van der Waals surface area (Å²) in [6, 6.07) is 10.9. The van der Waals surface area contributed by atoms with Crippen LogP contribution in [0.15, 0.2) is 47.4 Å². The second kappa shape index (κ2) is 6.62. The molecule has 26 heavy (non-hydrogen) atoms. The van der Waals surface area contributed by atoms with Crippen LogP contribution >= 0.6 is 0 Å². The van der Waals surface area contributed by atoms with Gasteiger partial charge in [0, 0.05) is 16.8 Å². The number of benzene rings is 2. The van der Waals surface area contributed by atoms with E-state index >= 15 is 0 Å². The van der Waals surface area contributed by atoms with Gasteiger partial charge in [0.25, 0.3) is 5.91 Å². The molecule has 0 saturated carbocycles. The van der Waals surface area contributed by atoms with Crippen LogP contribution in [0.1, 0.15) is 31.1 Å². The number of amides is 1. The molecular weight excluding hydrogens is 356 g/mol. The largest absolute Gasteiger partial charge is 0.454 e. The highest BCUT2D eigenvalue weighted by Crippen LogP contribution is 2.32. The fraction of sp³-hybridized carbons (Fsp3) is 0.278. The minimum atomic E-state index is -3.62. The Kier molecular flexibility index (Phi) is 4.64. The summed E-state index contributed by atoms with van der Waals surface area (Å²) in [5, 5.41) is 2.73. The van der Waals surface area contributed by atoms with Crippen molar-refractivity contribution < 1.29 is 22.7 Å². The lowest BCUT2D eigenvalue weighted by Gasteiger charge is -2.20. The summed E-state index contributed by atoms with van der Waals surface area (Å²) in [6.07, 6.45) is 0. The molecule has 0 bridgehead atoms. The van der Waals surface area contributed by atoms with Crippen LogP contribution in [-0.2, 0) is 10.0 Å². The highest BCUT2D eigenvalue weighted by Gasteiger charge is 2.22. The third kappa shape index (κ3) is 4.14. The van der Waals surface area contributed by atoms with Gasteiger partial charge in [-0.2, -0.15) is 0 Å². The van der Waals surface area contributed by atoms with Gasteiger partial charge in [0.2, 0.25) is 16.8 Å². The molecule has 2 aromatic carbocycles. The Hall–Kier alpha value is -2.58. The lowest BCUT2D eigenvalue weighted by atomic mass is 10.1. The minimum Gasteiger partial charge on any atom is -0.454 e. The molecule has 0 radical (unpaired) electrons. The highest BCUT2D eigenvalue weighted by atomic mass is 32.2. The lowest BCUT2D eigenvalue weighted by Crippen LogP contribution is -2.40. The summed E-state index contributed by atoms with van der Waals surface area (Å²) in [7, 11) is -3.62. The molecule has 2 aromatic rings. The standard InChI is InChI=1S/C18H20N2O5S/c1-18(2,3)20-26(22,23)14-7-5-13(6-8-14)19-17(21)12-4-9-15-16(10-12)25-11-24-15/h4-10,20H,11H2,1-3H3,(H,19,21). The van der Waals surface area contributed by atoms with E-state index in [-0.39, 0.29) is 17.6 Å². The second-order valence-electron chi connectivity index (χ2n) is 6.90. The quantitative estimate of drug-likeness (QED) is 0.856. The van der Waals surface area contributed by atoms with Crippen molar-refractivity contribution in [2.75, 3.05) is 12.1 Å². The van der Waals surface area contributed by atoms with E-state index in [9.17, 15) is 13.2 Å². The Bertz CT molecular complexity index is 931. The van der Waals surface area contributed by atoms with E-state index in [1.54, 1.807) is 51.1 Å². The molecule has 0 aliphatic carbocycles. The molecule has 0 spiro atoms. The zero-order valence-corrected chi connectivity index (χ0v) is 15.5. The van der Waals surface area contributed by atoms with E-state index in [2.05, 4.69) is 10.0 Å². The van der Waals surface area contributed by atoms with Crippen LogP contribution in [0.4, 0.5) is 5.69 Å². The molecule has 1 amide bonds. The first-order chi connectivity index (χ1) is 12.1. The number of sulfonamides is 1. The van der Waals surface area contributed by atoms with Crippen molar-refractivity contribution in [1.82, 2.24) is 4.72 Å². The molecule has 138 valence electrons. The first-order valence-corrected chi connectivity index (χ1v) is 9.47. The van der Waals surface area contributed by atoms with E-state index in [0.717, 1.165) is 0 Å². The van der Waals surface area contributed by atoms with Crippen LogP contribution in [0.25, 0.3) is 0 Å². The topological polar surface area (TPSA) is 93.7 Å². The Balaban J connectivity index is 1.72. The zero-order chi connectivity index (χ0) is 18.9. The van der Waals surface area contributed by atoms with Gasteiger partial charge >= 0.3 is 0 Å². The predicted molar refractivity (Wildman–Crippen MR) is 97.0 cm³/mol. The molecule has 3 rings (SSSR count). The smallest absolute Gasteiger partial charge is 0.255 e. The van der Waals surface area contributed by atoms with Crippen molar-refractivity contribution in [3.63, 3.8) is 0 Å². The van der Waals surface area contributed by atoms with E-state index < -0.39 is 15.6 Å². The van der Waals surface area contributed by atoms with Gasteiger partial charge in [-0.15, -0.1) is 0 Å². The molecule has 7 nitrogen and oxygen atoms in total. The molecule has 0 atom stereocenters. The number of nitrogens with one attached hydrogen (secondary N) is 2. The van der Waals surface area contributed by atoms with Gasteiger partial charge < -0.3 is 14.8 Å². The monoisotopic (exact) mass is 376 g/mol. The van der Waals surface area contributed by atoms with Crippen molar-refractivity contribution in [2.24, 2.45) is 0 Å². The van der Waals surface area contributed by atoms with Gasteiger partial charge in [0.05, 0.1) is 4.90 Å². The maximum atomic E-state index is 12.3. The van der Waals surface area contributed by atoms with Gasteiger partial charge in [-0.3, -0.25) is 4.79 Å². The normalized spacial score (nSPS) is 13.5. The fourth-order valence-corrected chi connectivity index (χ4v) is 3.84. The Morgan fingerprint density at radius 3 is 2.31 bits per heavy atom. The first kappa shape index (κ1) is 18.2.